The summed E-state index contributed by atoms with van der Waals surface area (Å²) in [5, 5.41) is 13.7. The first-order chi connectivity index (χ1) is 15.0. The second-order valence-corrected chi connectivity index (χ2v) is 8.49. The Morgan fingerprint density at radius 2 is 1.81 bits per heavy atom. The van der Waals surface area contributed by atoms with Crippen LogP contribution in [0.15, 0.2) is 24.3 Å². The van der Waals surface area contributed by atoms with Crippen LogP contribution in [-0.2, 0) is 9.53 Å². The third-order valence-electron chi connectivity index (χ3n) is 5.12. The highest BCUT2D eigenvalue weighted by Gasteiger charge is 2.27. The number of benzene rings is 1. The van der Waals surface area contributed by atoms with Crippen LogP contribution in [0.4, 0.5) is 5.69 Å². The van der Waals surface area contributed by atoms with E-state index in [1.54, 1.807) is 12.0 Å². The Bertz CT molecular complexity index is 907. The summed E-state index contributed by atoms with van der Waals surface area (Å²) in [5.41, 5.74) is 1.75. The van der Waals surface area contributed by atoms with E-state index < -0.39 is 5.91 Å². The average Bonchev–Trinajstić information content (AvgIpc) is 3.26. The molecule has 0 saturated carbocycles. The summed E-state index contributed by atoms with van der Waals surface area (Å²) < 4.78 is 4.92. The molecule has 1 aromatic carbocycles. The minimum atomic E-state index is -0.390. The number of anilines is 1. The van der Waals surface area contributed by atoms with E-state index in [1.807, 2.05) is 31.2 Å². The molecule has 3 amide bonds. The number of hydrogen-bond acceptors (Lipinski definition) is 7. The van der Waals surface area contributed by atoms with E-state index in [0.717, 1.165) is 29.7 Å². The van der Waals surface area contributed by atoms with Crippen molar-refractivity contribution in [2.45, 2.75) is 26.2 Å². The molecule has 166 valence electrons. The number of carbonyl (C=O) groups is 3. The number of amides is 3. The van der Waals surface area contributed by atoms with Gasteiger partial charge in [-0.05, 0) is 37.8 Å². The van der Waals surface area contributed by atoms with Gasteiger partial charge in [-0.3, -0.25) is 14.4 Å². The van der Waals surface area contributed by atoms with Crippen LogP contribution in [0.1, 0.15) is 44.4 Å². The fraction of sp³-hybridized carbons (Fsp3) is 0.476. The Kier molecular flexibility index (Phi) is 8.07. The van der Waals surface area contributed by atoms with Gasteiger partial charge in [0.2, 0.25) is 15.9 Å². The van der Waals surface area contributed by atoms with E-state index in [0.29, 0.717) is 38.3 Å². The summed E-state index contributed by atoms with van der Waals surface area (Å²) in [4.78, 5) is 38.8. The van der Waals surface area contributed by atoms with Crippen molar-refractivity contribution in [1.29, 1.82) is 0 Å². The second-order valence-electron chi connectivity index (χ2n) is 7.51. The molecule has 10 heteroatoms. The van der Waals surface area contributed by atoms with Gasteiger partial charge in [0, 0.05) is 38.9 Å². The number of nitrogens with zero attached hydrogens (tertiary/aromatic N) is 3. The van der Waals surface area contributed by atoms with Crippen LogP contribution in [0, 0.1) is 12.8 Å². The second kappa shape index (κ2) is 11.0. The monoisotopic (exact) mass is 445 g/mol. The number of likely N-dealkylation sites (tertiary alicyclic amines) is 1. The maximum atomic E-state index is 12.7. The summed E-state index contributed by atoms with van der Waals surface area (Å²) in [6.07, 6.45) is 1.96. The van der Waals surface area contributed by atoms with Crippen molar-refractivity contribution in [1.82, 2.24) is 20.4 Å². The number of piperidine rings is 1. The molecule has 0 atom stereocenters. The number of rotatable bonds is 8. The van der Waals surface area contributed by atoms with Crippen molar-refractivity contribution >= 4 is 34.7 Å². The van der Waals surface area contributed by atoms with Gasteiger partial charge in [-0.25, -0.2) is 0 Å². The summed E-state index contributed by atoms with van der Waals surface area (Å²) in [6, 6.07) is 7.42. The first-order valence-corrected chi connectivity index (χ1v) is 11.0. The van der Waals surface area contributed by atoms with Gasteiger partial charge in [-0.2, -0.15) is 0 Å². The molecule has 1 fully saturated rings. The molecule has 2 aromatic rings. The Balaban J connectivity index is 1.48. The van der Waals surface area contributed by atoms with Crippen molar-refractivity contribution in [2.75, 3.05) is 38.7 Å². The average molecular weight is 446 g/mol. The predicted molar refractivity (Wildman–Crippen MR) is 117 cm³/mol. The fourth-order valence-corrected chi connectivity index (χ4v) is 4.03. The van der Waals surface area contributed by atoms with Gasteiger partial charge < -0.3 is 20.3 Å². The molecule has 3 rings (SSSR count). The lowest BCUT2D eigenvalue weighted by Crippen LogP contribution is -2.39. The smallest absolute Gasteiger partial charge is 0.286 e. The molecule has 0 radical (unpaired) electrons. The topological polar surface area (TPSA) is 114 Å². The van der Waals surface area contributed by atoms with E-state index >= 15 is 0 Å². The number of methoxy groups -OCH3 is 1. The van der Waals surface area contributed by atoms with Crippen molar-refractivity contribution in [3.8, 4) is 0 Å². The fourth-order valence-electron chi connectivity index (χ4n) is 3.33. The maximum absolute atomic E-state index is 12.7. The standard InChI is InChI=1S/C21H27N5O4S/c1-14-3-5-16(6-4-14)23-18(28)19-24-25-20(31-19)21(29)26-10-7-15(8-11-26)13-17(27)22-9-12-30-2/h3-6,15H,7-13H2,1-2H3,(H,22,27)(H,23,28). The van der Waals surface area contributed by atoms with Crippen LogP contribution in [0.2, 0.25) is 0 Å². The van der Waals surface area contributed by atoms with Gasteiger partial charge in [0.25, 0.3) is 11.8 Å². The van der Waals surface area contributed by atoms with Crippen LogP contribution in [0.25, 0.3) is 0 Å². The van der Waals surface area contributed by atoms with E-state index in [4.69, 9.17) is 4.74 Å². The molecule has 0 spiro atoms. The summed E-state index contributed by atoms with van der Waals surface area (Å²) in [7, 11) is 1.59. The van der Waals surface area contributed by atoms with Gasteiger partial charge >= 0.3 is 0 Å². The molecule has 1 aliphatic heterocycles. The molecule has 1 saturated heterocycles. The van der Waals surface area contributed by atoms with Crippen molar-refractivity contribution < 1.29 is 19.1 Å². The van der Waals surface area contributed by atoms with Crippen LogP contribution >= 0.6 is 11.3 Å². The molecule has 1 aliphatic rings. The molecule has 0 unspecified atom stereocenters. The Morgan fingerprint density at radius 1 is 1.13 bits per heavy atom. The highest BCUT2D eigenvalue weighted by molar-refractivity contribution is 7.15. The Hall–Kier alpha value is -2.85. The van der Waals surface area contributed by atoms with Crippen molar-refractivity contribution in [3.63, 3.8) is 0 Å². The lowest BCUT2D eigenvalue weighted by Gasteiger charge is -2.31. The lowest BCUT2D eigenvalue weighted by molar-refractivity contribution is -0.122. The zero-order valence-electron chi connectivity index (χ0n) is 17.7. The zero-order valence-corrected chi connectivity index (χ0v) is 18.5. The number of aromatic nitrogens is 2. The molecular formula is C21H27N5O4S. The summed E-state index contributed by atoms with van der Waals surface area (Å²) in [5.74, 6) is -0.361. The van der Waals surface area contributed by atoms with Crippen LogP contribution < -0.4 is 10.6 Å². The zero-order chi connectivity index (χ0) is 22.2. The number of aryl methyl sites for hydroxylation is 1. The summed E-state index contributed by atoms with van der Waals surface area (Å²) in [6.45, 7) is 4.07. The largest absolute Gasteiger partial charge is 0.383 e. The van der Waals surface area contributed by atoms with Crippen LogP contribution in [-0.4, -0.2) is 66.2 Å². The Labute approximate surface area is 185 Å². The third kappa shape index (κ3) is 6.56. The van der Waals surface area contributed by atoms with Crippen LogP contribution in [0.5, 0.6) is 0 Å². The van der Waals surface area contributed by atoms with E-state index in [9.17, 15) is 14.4 Å². The molecule has 31 heavy (non-hydrogen) atoms. The van der Waals surface area contributed by atoms with E-state index in [-0.39, 0.29) is 27.7 Å². The van der Waals surface area contributed by atoms with Gasteiger partial charge in [0.05, 0.1) is 6.61 Å². The quantitative estimate of drug-likeness (QED) is 0.602. The normalized spacial score (nSPS) is 14.3. The minimum Gasteiger partial charge on any atom is -0.383 e. The highest BCUT2D eigenvalue weighted by Crippen LogP contribution is 2.23. The Morgan fingerprint density at radius 3 is 2.48 bits per heavy atom. The van der Waals surface area contributed by atoms with Crippen molar-refractivity contribution in [2.24, 2.45) is 5.92 Å². The van der Waals surface area contributed by atoms with E-state index in [2.05, 4.69) is 20.8 Å². The van der Waals surface area contributed by atoms with Gasteiger partial charge in [-0.1, -0.05) is 29.0 Å². The highest BCUT2D eigenvalue weighted by atomic mass is 32.1. The number of ether oxygens (including phenoxy) is 1. The van der Waals surface area contributed by atoms with Gasteiger partial charge in [-0.15, -0.1) is 10.2 Å². The van der Waals surface area contributed by atoms with Gasteiger partial charge in [0.1, 0.15) is 0 Å². The molecule has 9 nitrogen and oxygen atoms in total. The van der Waals surface area contributed by atoms with E-state index in [1.165, 1.54) is 0 Å². The first-order valence-electron chi connectivity index (χ1n) is 10.2. The summed E-state index contributed by atoms with van der Waals surface area (Å²) >= 11 is 0.986. The number of carbonyl (C=O) groups excluding carboxylic acids is 3. The first kappa shape index (κ1) is 22.8. The predicted octanol–water partition coefficient (Wildman–Crippen LogP) is 2.10. The molecule has 2 heterocycles. The third-order valence-corrected chi connectivity index (χ3v) is 6.03. The van der Waals surface area contributed by atoms with Crippen molar-refractivity contribution in [3.05, 3.63) is 39.8 Å². The molecule has 1 aromatic heterocycles. The molecular weight excluding hydrogens is 418 g/mol. The van der Waals surface area contributed by atoms with Crippen LogP contribution in [0.3, 0.4) is 0 Å². The lowest BCUT2D eigenvalue weighted by atomic mass is 9.93. The van der Waals surface area contributed by atoms with Gasteiger partial charge in [0.15, 0.2) is 0 Å². The number of hydrogen-bond donors (Lipinski definition) is 2. The molecule has 2 N–H and O–H groups in total. The minimum absolute atomic E-state index is 0.00943. The maximum Gasteiger partial charge on any atom is 0.286 e. The number of nitrogens with one attached hydrogen (secondary N) is 2. The molecule has 0 aliphatic carbocycles. The molecule has 0 bridgehead atoms. The SMILES string of the molecule is COCCNC(=O)CC1CCN(C(=O)c2nnc(C(=O)Nc3ccc(C)cc3)s2)CC1.